The van der Waals surface area contributed by atoms with Gasteiger partial charge in [0.05, 0.1) is 5.75 Å². The number of carbonyl (C=O) groups excluding carboxylic acids is 2. The molecule has 0 bridgehead atoms. The Kier molecular flexibility index (Phi) is 8.67. The van der Waals surface area contributed by atoms with E-state index in [2.05, 4.69) is 5.32 Å². The molecule has 2 amide bonds. The highest BCUT2D eigenvalue weighted by atomic mass is 35.5. The summed E-state index contributed by atoms with van der Waals surface area (Å²) >= 11 is 13.8. The maximum Gasteiger partial charge on any atom is 0.242 e. The number of hydrogen-bond donors (Lipinski definition) is 1. The largest absolute Gasteiger partial charge is 0.357 e. The Balaban J connectivity index is 2.08. The summed E-state index contributed by atoms with van der Waals surface area (Å²) in [4.78, 5) is 26.7. The van der Waals surface area contributed by atoms with Crippen LogP contribution >= 0.6 is 35.0 Å². The fourth-order valence-corrected chi connectivity index (χ4v) is 4.44. The van der Waals surface area contributed by atoms with Gasteiger partial charge in [0, 0.05) is 29.4 Å². The molecule has 1 atom stereocenters. The van der Waals surface area contributed by atoms with E-state index < -0.39 is 6.04 Å². The van der Waals surface area contributed by atoms with Crippen LogP contribution in [0.4, 0.5) is 0 Å². The summed E-state index contributed by atoms with van der Waals surface area (Å²) in [5, 5.41) is 3.79. The zero-order valence-electron chi connectivity index (χ0n) is 16.2. The molecule has 0 heterocycles. The van der Waals surface area contributed by atoms with Crippen LogP contribution in [0.5, 0.6) is 0 Å². The second-order valence-corrected chi connectivity index (χ2v) is 8.29. The molecule has 0 radical (unpaired) electrons. The average Bonchev–Trinajstić information content (AvgIpc) is 2.67. The minimum absolute atomic E-state index is 0.106. The summed E-state index contributed by atoms with van der Waals surface area (Å²) in [6.45, 7) is 4.12. The van der Waals surface area contributed by atoms with Crippen LogP contribution in [0.15, 0.2) is 42.5 Å². The molecule has 0 fully saturated rings. The lowest BCUT2D eigenvalue weighted by Crippen LogP contribution is -2.47. The first kappa shape index (κ1) is 22.6. The second-order valence-electron chi connectivity index (χ2n) is 6.49. The number of likely N-dealkylation sites (N-methyl/N-ethyl adjacent to an activating group) is 1. The Morgan fingerprint density at radius 3 is 2.39 bits per heavy atom. The van der Waals surface area contributed by atoms with Crippen molar-refractivity contribution in [2.24, 2.45) is 0 Å². The molecule has 0 aliphatic rings. The molecule has 28 heavy (non-hydrogen) atoms. The zero-order chi connectivity index (χ0) is 20.7. The minimum Gasteiger partial charge on any atom is -0.357 e. The maximum absolute atomic E-state index is 12.9. The van der Waals surface area contributed by atoms with Crippen molar-refractivity contribution in [2.75, 3.05) is 12.8 Å². The van der Waals surface area contributed by atoms with Crippen molar-refractivity contribution < 1.29 is 9.59 Å². The number of hydrogen-bond acceptors (Lipinski definition) is 3. The number of amides is 2. The molecule has 7 heteroatoms. The van der Waals surface area contributed by atoms with E-state index in [1.54, 1.807) is 37.1 Å². The number of carbonyl (C=O) groups is 2. The molecule has 2 aromatic rings. The van der Waals surface area contributed by atoms with Crippen LogP contribution in [0.25, 0.3) is 0 Å². The third-order valence-electron chi connectivity index (χ3n) is 4.38. The lowest BCUT2D eigenvalue weighted by Gasteiger charge is -2.28. The third kappa shape index (κ3) is 6.16. The summed E-state index contributed by atoms with van der Waals surface area (Å²) in [5.41, 5.74) is 2.91. The fourth-order valence-electron chi connectivity index (χ4n) is 2.79. The molecular weight excluding hydrogens is 415 g/mol. The van der Waals surface area contributed by atoms with Crippen LogP contribution in [0, 0.1) is 6.92 Å². The Labute approximate surface area is 180 Å². The number of nitrogens with zero attached hydrogens (tertiary/aromatic N) is 1. The Morgan fingerprint density at radius 2 is 1.79 bits per heavy atom. The van der Waals surface area contributed by atoms with Gasteiger partial charge in [0.1, 0.15) is 6.04 Å². The van der Waals surface area contributed by atoms with Gasteiger partial charge in [0.25, 0.3) is 0 Å². The van der Waals surface area contributed by atoms with E-state index in [-0.39, 0.29) is 17.6 Å². The van der Waals surface area contributed by atoms with Crippen LogP contribution in [-0.2, 0) is 21.9 Å². The minimum atomic E-state index is -0.567. The van der Waals surface area contributed by atoms with Crippen LogP contribution in [-0.4, -0.2) is 35.6 Å². The van der Waals surface area contributed by atoms with Crippen molar-refractivity contribution in [3.8, 4) is 0 Å². The van der Waals surface area contributed by atoms with Crippen LogP contribution < -0.4 is 5.32 Å². The highest BCUT2D eigenvalue weighted by molar-refractivity contribution is 7.99. The molecule has 0 aliphatic carbocycles. The lowest BCUT2D eigenvalue weighted by atomic mass is 10.1. The fraction of sp³-hybridized carbons (Fsp3) is 0.333. The predicted molar refractivity (Wildman–Crippen MR) is 118 cm³/mol. The van der Waals surface area contributed by atoms with Crippen LogP contribution in [0.2, 0.25) is 10.0 Å². The van der Waals surface area contributed by atoms with Crippen molar-refractivity contribution in [3.63, 3.8) is 0 Å². The summed E-state index contributed by atoms with van der Waals surface area (Å²) in [6, 6.07) is 12.7. The monoisotopic (exact) mass is 438 g/mol. The molecule has 0 saturated heterocycles. The van der Waals surface area contributed by atoms with Crippen molar-refractivity contribution in [3.05, 3.63) is 69.2 Å². The molecule has 0 aromatic heterocycles. The van der Waals surface area contributed by atoms with E-state index in [1.807, 2.05) is 31.2 Å². The molecule has 0 spiro atoms. The molecular formula is C21H24Cl2N2O2S. The van der Waals surface area contributed by atoms with Crippen LogP contribution in [0.1, 0.15) is 23.6 Å². The van der Waals surface area contributed by atoms with Crippen molar-refractivity contribution in [2.45, 2.75) is 32.2 Å². The maximum atomic E-state index is 12.9. The first-order valence-electron chi connectivity index (χ1n) is 8.90. The molecule has 1 N–H and O–H groups in total. The van der Waals surface area contributed by atoms with E-state index in [0.29, 0.717) is 22.3 Å². The first-order chi connectivity index (χ1) is 13.3. The molecule has 2 rings (SSSR count). The molecule has 0 saturated carbocycles. The molecule has 4 nitrogen and oxygen atoms in total. The summed E-state index contributed by atoms with van der Waals surface area (Å²) in [5.74, 6) is 0.455. The smallest absolute Gasteiger partial charge is 0.242 e. The van der Waals surface area contributed by atoms with Gasteiger partial charge in [0.15, 0.2) is 0 Å². The molecule has 0 unspecified atom stereocenters. The first-order valence-corrected chi connectivity index (χ1v) is 10.8. The zero-order valence-corrected chi connectivity index (χ0v) is 18.5. The third-order valence-corrected chi connectivity index (χ3v) is 6.03. The van der Waals surface area contributed by atoms with E-state index in [0.717, 1.165) is 16.7 Å². The van der Waals surface area contributed by atoms with Gasteiger partial charge < -0.3 is 10.2 Å². The lowest BCUT2D eigenvalue weighted by molar-refractivity contribution is -0.138. The Morgan fingerprint density at radius 1 is 1.14 bits per heavy atom. The Bertz CT molecular complexity index is 825. The van der Waals surface area contributed by atoms with Crippen molar-refractivity contribution >= 4 is 46.8 Å². The van der Waals surface area contributed by atoms with Crippen molar-refractivity contribution in [1.82, 2.24) is 10.2 Å². The van der Waals surface area contributed by atoms with Gasteiger partial charge in [0.2, 0.25) is 11.8 Å². The van der Waals surface area contributed by atoms with Crippen LogP contribution in [0.3, 0.4) is 0 Å². The SMILES string of the molecule is CNC(=O)[C@H](C)N(Cc1cccc(C)c1)C(=O)CSCc1c(Cl)cccc1Cl. The van der Waals surface area contributed by atoms with Gasteiger partial charge in [-0.25, -0.2) is 0 Å². The highest BCUT2D eigenvalue weighted by Gasteiger charge is 2.25. The van der Waals surface area contributed by atoms with Gasteiger partial charge >= 0.3 is 0 Å². The summed E-state index contributed by atoms with van der Waals surface area (Å²) in [7, 11) is 1.57. The van der Waals surface area contributed by atoms with Gasteiger partial charge in [-0.15, -0.1) is 11.8 Å². The van der Waals surface area contributed by atoms with Gasteiger partial charge in [-0.05, 0) is 37.1 Å². The normalized spacial score (nSPS) is 11.8. The standard InChI is InChI=1S/C21H24Cl2N2O2S/c1-14-6-4-7-16(10-14)11-25(15(2)21(27)24-3)20(26)13-28-12-17-18(22)8-5-9-19(17)23/h4-10,15H,11-13H2,1-3H3,(H,24,27)/t15-/m0/s1. The molecule has 0 aliphatic heterocycles. The van der Waals surface area contributed by atoms with E-state index in [9.17, 15) is 9.59 Å². The topological polar surface area (TPSA) is 49.4 Å². The van der Waals surface area contributed by atoms with Crippen molar-refractivity contribution in [1.29, 1.82) is 0 Å². The van der Waals surface area contributed by atoms with E-state index in [4.69, 9.17) is 23.2 Å². The summed E-state index contributed by atoms with van der Waals surface area (Å²) < 4.78 is 0. The number of thioether (sulfide) groups is 1. The number of halogens is 2. The van der Waals surface area contributed by atoms with Gasteiger partial charge in [-0.3, -0.25) is 9.59 Å². The van der Waals surface area contributed by atoms with E-state index >= 15 is 0 Å². The summed E-state index contributed by atoms with van der Waals surface area (Å²) in [6.07, 6.45) is 0. The number of nitrogens with one attached hydrogen (secondary N) is 1. The average molecular weight is 439 g/mol. The number of aryl methyl sites for hydroxylation is 1. The number of benzene rings is 2. The quantitative estimate of drug-likeness (QED) is 0.649. The predicted octanol–water partition coefficient (Wildman–Crippen LogP) is 4.70. The molecule has 2 aromatic carbocycles. The highest BCUT2D eigenvalue weighted by Crippen LogP contribution is 2.28. The Hall–Kier alpha value is -1.69. The van der Waals surface area contributed by atoms with Gasteiger partial charge in [-0.1, -0.05) is 59.1 Å². The second kappa shape index (κ2) is 10.7. The number of rotatable bonds is 8. The van der Waals surface area contributed by atoms with E-state index in [1.165, 1.54) is 11.8 Å². The molecule has 150 valence electrons. The van der Waals surface area contributed by atoms with Gasteiger partial charge in [-0.2, -0.15) is 0 Å².